The van der Waals surface area contributed by atoms with Crippen molar-refractivity contribution < 1.29 is 9.59 Å². The zero-order chi connectivity index (χ0) is 19.7. The zero-order valence-corrected chi connectivity index (χ0v) is 16.7. The van der Waals surface area contributed by atoms with Gasteiger partial charge in [0.15, 0.2) is 0 Å². The van der Waals surface area contributed by atoms with Crippen LogP contribution in [0, 0.1) is 11.8 Å². The Bertz CT molecular complexity index is 767. The number of carbonyl (C=O) groups is 2. The van der Waals surface area contributed by atoms with E-state index in [-0.39, 0.29) is 18.0 Å². The van der Waals surface area contributed by atoms with Crippen LogP contribution in [0.3, 0.4) is 0 Å². The number of hydrogen-bond acceptors (Lipinski definition) is 4. The largest absolute Gasteiger partial charge is 0.356 e. The van der Waals surface area contributed by atoms with Crippen LogP contribution in [-0.4, -0.2) is 49.7 Å². The second-order valence-corrected chi connectivity index (χ2v) is 8.83. The Labute approximate surface area is 165 Å². The first-order chi connectivity index (χ1) is 13.5. The van der Waals surface area contributed by atoms with E-state index in [0.717, 1.165) is 32.1 Å². The average molecular weight is 390 g/mol. The quantitative estimate of drug-likeness (QED) is 0.755. The van der Waals surface area contributed by atoms with Gasteiger partial charge in [0, 0.05) is 38.5 Å². The van der Waals surface area contributed by atoms with Crippen LogP contribution in [0.1, 0.15) is 57.8 Å². The van der Waals surface area contributed by atoms with Crippen molar-refractivity contribution in [1.29, 1.82) is 0 Å². The van der Waals surface area contributed by atoms with Crippen molar-refractivity contribution in [3.8, 4) is 0 Å². The highest BCUT2D eigenvalue weighted by molar-refractivity contribution is 5.78. The summed E-state index contributed by atoms with van der Waals surface area (Å²) in [6.45, 7) is 0.957. The van der Waals surface area contributed by atoms with Crippen LogP contribution < -0.4 is 11.0 Å². The Hall–Kier alpha value is -2.12. The van der Waals surface area contributed by atoms with Crippen LogP contribution in [-0.2, 0) is 23.2 Å². The number of nitrogens with zero attached hydrogens (tertiary/aromatic N) is 4. The molecule has 3 atom stereocenters. The molecule has 2 aliphatic heterocycles. The number of rotatable bonds is 7. The molecule has 2 saturated heterocycles. The molecule has 1 saturated carbocycles. The van der Waals surface area contributed by atoms with Crippen LogP contribution in [0.5, 0.6) is 0 Å². The molecular formula is C20H31N5O3. The fourth-order valence-electron chi connectivity index (χ4n) is 5.04. The lowest BCUT2D eigenvalue weighted by atomic mass is 9.82. The molecule has 1 aromatic rings. The predicted octanol–water partition coefficient (Wildman–Crippen LogP) is 1.05. The van der Waals surface area contributed by atoms with Crippen LogP contribution >= 0.6 is 0 Å². The molecule has 3 aliphatic rings. The molecule has 8 nitrogen and oxygen atoms in total. The van der Waals surface area contributed by atoms with Gasteiger partial charge in [0.1, 0.15) is 6.33 Å². The van der Waals surface area contributed by atoms with E-state index in [1.165, 1.54) is 34.8 Å². The number of aryl methyl sites for hydroxylation is 2. The van der Waals surface area contributed by atoms with E-state index in [0.29, 0.717) is 42.9 Å². The topological polar surface area (TPSA) is 89.2 Å². The molecule has 1 aliphatic carbocycles. The maximum atomic E-state index is 12.7. The number of aromatic nitrogens is 3. The fourth-order valence-corrected chi connectivity index (χ4v) is 5.04. The van der Waals surface area contributed by atoms with Crippen molar-refractivity contribution in [2.24, 2.45) is 18.9 Å². The summed E-state index contributed by atoms with van der Waals surface area (Å²) in [6, 6.07) is 0.723. The smallest absolute Gasteiger partial charge is 0.345 e. The molecule has 1 N–H and O–H groups in total. The van der Waals surface area contributed by atoms with Gasteiger partial charge in [-0.1, -0.05) is 6.42 Å². The summed E-state index contributed by atoms with van der Waals surface area (Å²) in [4.78, 5) is 38.8. The Morgan fingerprint density at radius 1 is 1.14 bits per heavy atom. The molecule has 8 heteroatoms. The van der Waals surface area contributed by atoms with E-state index in [4.69, 9.17) is 0 Å². The third-order valence-electron chi connectivity index (χ3n) is 6.83. The molecule has 0 spiro atoms. The SMILES string of the molecule is Cn1cnn(CCC(=O)NCC2C[C@H]3CC[C@@H](C2)N3C(=O)CC2CCC2)c1=O. The molecule has 28 heavy (non-hydrogen) atoms. The molecule has 0 aromatic carbocycles. The van der Waals surface area contributed by atoms with E-state index in [1.807, 2.05) is 0 Å². The third-order valence-corrected chi connectivity index (χ3v) is 6.83. The summed E-state index contributed by atoms with van der Waals surface area (Å²) in [5, 5.41) is 6.99. The molecule has 2 amide bonds. The number of amides is 2. The number of nitrogens with one attached hydrogen (secondary N) is 1. The summed E-state index contributed by atoms with van der Waals surface area (Å²) >= 11 is 0. The minimum Gasteiger partial charge on any atom is -0.356 e. The zero-order valence-electron chi connectivity index (χ0n) is 16.7. The lowest BCUT2D eigenvalue weighted by Crippen LogP contribution is -2.49. The van der Waals surface area contributed by atoms with E-state index in [1.54, 1.807) is 7.05 Å². The maximum absolute atomic E-state index is 12.7. The van der Waals surface area contributed by atoms with Gasteiger partial charge >= 0.3 is 5.69 Å². The van der Waals surface area contributed by atoms with E-state index in [2.05, 4.69) is 15.3 Å². The fraction of sp³-hybridized carbons (Fsp3) is 0.800. The van der Waals surface area contributed by atoms with Gasteiger partial charge in [0.05, 0.1) is 6.54 Å². The highest BCUT2D eigenvalue weighted by Gasteiger charge is 2.43. The normalized spacial score (nSPS) is 26.9. The number of piperidine rings is 1. The van der Waals surface area contributed by atoms with Gasteiger partial charge < -0.3 is 10.2 Å². The second kappa shape index (κ2) is 8.09. The maximum Gasteiger partial charge on any atom is 0.345 e. The van der Waals surface area contributed by atoms with Gasteiger partial charge in [-0.15, -0.1) is 0 Å². The third kappa shape index (κ3) is 4.00. The van der Waals surface area contributed by atoms with Gasteiger partial charge in [-0.3, -0.25) is 14.2 Å². The highest BCUT2D eigenvalue weighted by atomic mass is 16.2. The van der Waals surface area contributed by atoms with Crippen LogP contribution in [0.4, 0.5) is 0 Å². The number of carbonyl (C=O) groups excluding carboxylic acids is 2. The lowest BCUT2D eigenvalue weighted by molar-refractivity contribution is -0.138. The Morgan fingerprint density at radius 2 is 1.86 bits per heavy atom. The molecule has 0 radical (unpaired) electrons. The molecule has 3 fully saturated rings. The molecule has 1 unspecified atom stereocenters. The monoisotopic (exact) mass is 389 g/mol. The molecular weight excluding hydrogens is 358 g/mol. The van der Waals surface area contributed by atoms with Crippen molar-refractivity contribution in [2.75, 3.05) is 6.54 Å². The van der Waals surface area contributed by atoms with Crippen LogP contribution in [0.15, 0.2) is 11.1 Å². The van der Waals surface area contributed by atoms with Gasteiger partial charge in [0.25, 0.3) is 0 Å². The lowest BCUT2D eigenvalue weighted by Gasteiger charge is -2.40. The first-order valence-electron chi connectivity index (χ1n) is 10.7. The number of fused-ring (bicyclic) bond motifs is 2. The summed E-state index contributed by atoms with van der Waals surface area (Å²) in [6.07, 6.45) is 10.4. The molecule has 4 rings (SSSR count). The van der Waals surface area contributed by atoms with Crippen molar-refractivity contribution in [1.82, 2.24) is 24.6 Å². The predicted molar refractivity (Wildman–Crippen MR) is 103 cm³/mol. The number of hydrogen-bond donors (Lipinski definition) is 1. The van der Waals surface area contributed by atoms with Crippen LogP contribution in [0.2, 0.25) is 0 Å². The Balaban J connectivity index is 1.21. The first-order valence-corrected chi connectivity index (χ1v) is 10.7. The average Bonchev–Trinajstić information content (AvgIpc) is 3.10. The first kappa shape index (κ1) is 19.2. The highest BCUT2D eigenvalue weighted by Crippen LogP contribution is 2.40. The summed E-state index contributed by atoms with van der Waals surface area (Å²) in [5.41, 5.74) is -0.205. The van der Waals surface area contributed by atoms with Gasteiger partial charge in [0.2, 0.25) is 11.8 Å². The van der Waals surface area contributed by atoms with Gasteiger partial charge in [-0.05, 0) is 50.4 Å². The summed E-state index contributed by atoms with van der Waals surface area (Å²) in [5.74, 6) is 1.37. The van der Waals surface area contributed by atoms with Crippen molar-refractivity contribution in [3.05, 3.63) is 16.8 Å². The molecule has 2 bridgehead atoms. The van der Waals surface area contributed by atoms with E-state index in [9.17, 15) is 14.4 Å². The van der Waals surface area contributed by atoms with Gasteiger partial charge in [-0.25, -0.2) is 9.48 Å². The van der Waals surface area contributed by atoms with Crippen molar-refractivity contribution in [2.45, 2.75) is 76.4 Å². The molecule has 3 heterocycles. The van der Waals surface area contributed by atoms with Crippen LogP contribution in [0.25, 0.3) is 0 Å². The van der Waals surface area contributed by atoms with E-state index >= 15 is 0 Å². The Kier molecular flexibility index (Phi) is 5.55. The molecule has 1 aromatic heterocycles. The minimum absolute atomic E-state index is 0.0478. The standard InChI is InChI=1S/C20H31N5O3/c1-23-13-22-24(20(23)28)8-7-18(26)21-12-15-9-16-5-6-17(10-15)25(16)19(27)11-14-3-2-4-14/h13-17H,2-12H2,1H3,(H,21,26)/t15?,16-,17+. The van der Waals surface area contributed by atoms with Gasteiger partial charge in [-0.2, -0.15) is 5.10 Å². The van der Waals surface area contributed by atoms with E-state index < -0.39 is 0 Å². The van der Waals surface area contributed by atoms with Crippen molar-refractivity contribution >= 4 is 11.8 Å². The summed E-state index contributed by atoms with van der Waals surface area (Å²) < 4.78 is 2.71. The molecule has 154 valence electrons. The summed E-state index contributed by atoms with van der Waals surface area (Å²) in [7, 11) is 1.64. The minimum atomic E-state index is -0.205. The second-order valence-electron chi connectivity index (χ2n) is 8.83. The Morgan fingerprint density at radius 3 is 2.43 bits per heavy atom. The van der Waals surface area contributed by atoms with Crippen molar-refractivity contribution in [3.63, 3.8) is 0 Å².